The monoisotopic (exact) mass is 374 g/mol. The predicted octanol–water partition coefficient (Wildman–Crippen LogP) is 1.85. The molecule has 26 heavy (non-hydrogen) atoms. The molecule has 0 bridgehead atoms. The standard InChI is InChI=1S/C17H18N4O4S/c1-9(22)21-12(10-6-4-5-7-13(10)25-3)8-11(19-21)14-15(23)18-17(26)20(2)16(14)24/h4-7,12,24H,8H2,1-3H3,(H,18,23,26)/t12-/m1/s1. The number of carbonyl (C=O) groups excluding carboxylic acids is 1. The number of rotatable bonds is 3. The van der Waals surface area contributed by atoms with Crippen molar-refractivity contribution < 1.29 is 14.6 Å². The van der Waals surface area contributed by atoms with E-state index >= 15 is 0 Å². The molecule has 0 spiro atoms. The minimum atomic E-state index is -0.548. The number of H-pyrrole nitrogens is 1. The third kappa shape index (κ3) is 2.90. The highest BCUT2D eigenvalue weighted by Crippen LogP contribution is 2.37. The number of nitrogens with zero attached hydrogens (tertiary/aromatic N) is 3. The number of amides is 1. The third-order valence-corrected chi connectivity index (χ3v) is 4.69. The molecule has 1 atom stereocenters. The normalized spacial score (nSPS) is 16.5. The van der Waals surface area contributed by atoms with Crippen LogP contribution in [0.4, 0.5) is 0 Å². The van der Waals surface area contributed by atoms with Gasteiger partial charge in [-0.25, -0.2) is 5.01 Å². The van der Waals surface area contributed by atoms with Crippen molar-refractivity contribution in [1.82, 2.24) is 14.6 Å². The van der Waals surface area contributed by atoms with Crippen molar-refractivity contribution in [1.29, 1.82) is 0 Å². The molecule has 1 aliphatic rings. The fraction of sp³-hybridized carbons (Fsp3) is 0.294. The Balaban J connectivity index is 2.12. The molecule has 9 heteroatoms. The molecule has 0 aliphatic carbocycles. The summed E-state index contributed by atoms with van der Waals surface area (Å²) in [5, 5.41) is 16.0. The van der Waals surface area contributed by atoms with Crippen LogP contribution in [0.5, 0.6) is 11.6 Å². The summed E-state index contributed by atoms with van der Waals surface area (Å²) in [5.41, 5.74) is 0.530. The highest BCUT2D eigenvalue weighted by Gasteiger charge is 2.35. The maximum absolute atomic E-state index is 12.3. The van der Waals surface area contributed by atoms with E-state index in [4.69, 9.17) is 17.0 Å². The lowest BCUT2D eigenvalue weighted by atomic mass is 9.98. The average molecular weight is 374 g/mol. The Labute approximate surface area is 154 Å². The van der Waals surface area contributed by atoms with Gasteiger partial charge in [0, 0.05) is 26.0 Å². The average Bonchev–Trinajstić information content (AvgIpc) is 3.04. The van der Waals surface area contributed by atoms with Crippen LogP contribution in [0.1, 0.15) is 30.5 Å². The van der Waals surface area contributed by atoms with E-state index in [9.17, 15) is 14.7 Å². The van der Waals surface area contributed by atoms with Crippen LogP contribution in [0.25, 0.3) is 0 Å². The Morgan fingerprint density at radius 3 is 2.77 bits per heavy atom. The molecule has 1 amide bonds. The number of carbonyl (C=O) groups is 1. The summed E-state index contributed by atoms with van der Waals surface area (Å²) in [6.07, 6.45) is 0.257. The number of hydrogen-bond acceptors (Lipinski definition) is 6. The highest BCUT2D eigenvalue weighted by atomic mass is 32.1. The molecule has 0 saturated heterocycles. The van der Waals surface area contributed by atoms with Gasteiger partial charge in [-0.05, 0) is 18.3 Å². The summed E-state index contributed by atoms with van der Waals surface area (Å²) < 4.78 is 6.76. The molecule has 2 heterocycles. The molecule has 0 saturated carbocycles. The number of hydrogen-bond donors (Lipinski definition) is 2. The van der Waals surface area contributed by atoms with Gasteiger partial charge in [0.1, 0.15) is 11.3 Å². The second-order valence-electron chi connectivity index (χ2n) is 5.89. The lowest BCUT2D eigenvalue weighted by Crippen LogP contribution is -2.24. The number of hydrazone groups is 1. The lowest BCUT2D eigenvalue weighted by Gasteiger charge is -2.22. The van der Waals surface area contributed by atoms with Crippen molar-refractivity contribution >= 4 is 23.8 Å². The van der Waals surface area contributed by atoms with Gasteiger partial charge in [0.2, 0.25) is 11.8 Å². The molecule has 1 aromatic carbocycles. The van der Waals surface area contributed by atoms with E-state index in [2.05, 4.69) is 10.1 Å². The quantitative estimate of drug-likeness (QED) is 0.799. The molecule has 3 rings (SSSR count). The Morgan fingerprint density at radius 1 is 1.42 bits per heavy atom. The zero-order chi connectivity index (χ0) is 19.0. The molecular weight excluding hydrogens is 356 g/mol. The number of methoxy groups -OCH3 is 1. The van der Waals surface area contributed by atoms with E-state index in [0.717, 1.165) is 5.56 Å². The third-order valence-electron chi connectivity index (χ3n) is 4.31. The fourth-order valence-electron chi connectivity index (χ4n) is 3.00. The van der Waals surface area contributed by atoms with Crippen molar-refractivity contribution in [3.05, 3.63) is 50.5 Å². The Kier molecular flexibility index (Phi) is 4.64. The van der Waals surface area contributed by atoms with Gasteiger partial charge in [0.05, 0.1) is 18.9 Å². The Hall–Kier alpha value is -2.94. The number of aromatic nitrogens is 2. The van der Waals surface area contributed by atoms with Crippen molar-refractivity contribution in [3.8, 4) is 11.6 Å². The Bertz CT molecular complexity index is 1020. The fourth-order valence-corrected chi connectivity index (χ4v) is 3.18. The lowest BCUT2D eigenvalue weighted by molar-refractivity contribution is -0.130. The zero-order valence-corrected chi connectivity index (χ0v) is 15.3. The molecule has 0 fully saturated rings. The van der Waals surface area contributed by atoms with Gasteiger partial charge >= 0.3 is 0 Å². The first kappa shape index (κ1) is 17.9. The van der Waals surface area contributed by atoms with Crippen LogP contribution in [0.15, 0.2) is 34.2 Å². The topological polar surface area (TPSA) is 99.9 Å². The van der Waals surface area contributed by atoms with Crippen LogP contribution >= 0.6 is 12.2 Å². The minimum absolute atomic E-state index is 0.00440. The molecule has 1 aromatic heterocycles. The number of para-hydroxylation sites is 1. The second-order valence-corrected chi connectivity index (χ2v) is 6.28. The van der Waals surface area contributed by atoms with E-state index in [1.165, 1.54) is 23.5 Å². The summed E-state index contributed by atoms with van der Waals surface area (Å²) in [5.74, 6) is 0.0440. The first-order chi connectivity index (χ1) is 12.3. The van der Waals surface area contributed by atoms with Gasteiger partial charge in [-0.3, -0.25) is 19.1 Å². The largest absolute Gasteiger partial charge is 0.496 e. The molecule has 8 nitrogen and oxygen atoms in total. The summed E-state index contributed by atoms with van der Waals surface area (Å²) in [7, 11) is 3.08. The van der Waals surface area contributed by atoms with Gasteiger partial charge in [-0.1, -0.05) is 18.2 Å². The van der Waals surface area contributed by atoms with Gasteiger partial charge in [0.25, 0.3) is 5.56 Å². The first-order valence-corrected chi connectivity index (χ1v) is 8.28. The van der Waals surface area contributed by atoms with Crippen LogP contribution in [0.2, 0.25) is 0 Å². The SMILES string of the molecule is COc1ccccc1[C@H]1CC(c2c(O)n(C)c(=S)[nH]c2=O)=NN1C(C)=O. The molecule has 136 valence electrons. The van der Waals surface area contributed by atoms with Gasteiger partial charge in [-0.15, -0.1) is 0 Å². The van der Waals surface area contributed by atoms with E-state index in [-0.39, 0.29) is 28.5 Å². The van der Waals surface area contributed by atoms with Gasteiger partial charge in [0.15, 0.2) is 4.77 Å². The molecular formula is C17H18N4O4S. The Morgan fingerprint density at radius 2 is 2.12 bits per heavy atom. The summed E-state index contributed by atoms with van der Waals surface area (Å²) >= 11 is 4.99. The van der Waals surface area contributed by atoms with Crippen LogP contribution < -0.4 is 10.3 Å². The van der Waals surface area contributed by atoms with Crippen molar-refractivity contribution in [2.45, 2.75) is 19.4 Å². The number of aromatic amines is 1. The summed E-state index contributed by atoms with van der Waals surface area (Å²) in [6.45, 7) is 1.39. The van der Waals surface area contributed by atoms with Gasteiger partial charge < -0.3 is 9.84 Å². The van der Waals surface area contributed by atoms with Gasteiger partial charge in [-0.2, -0.15) is 5.10 Å². The zero-order valence-electron chi connectivity index (χ0n) is 14.5. The molecule has 2 N–H and O–H groups in total. The van der Waals surface area contributed by atoms with Crippen LogP contribution in [-0.4, -0.2) is 38.4 Å². The minimum Gasteiger partial charge on any atom is -0.496 e. The van der Waals surface area contributed by atoms with Crippen LogP contribution in [0, 0.1) is 4.77 Å². The number of benzene rings is 1. The molecule has 0 unspecified atom stereocenters. The maximum Gasteiger partial charge on any atom is 0.264 e. The maximum atomic E-state index is 12.3. The number of ether oxygens (including phenoxy) is 1. The summed E-state index contributed by atoms with van der Waals surface area (Å²) in [6, 6.07) is 6.86. The van der Waals surface area contributed by atoms with E-state index in [1.807, 2.05) is 18.2 Å². The first-order valence-electron chi connectivity index (χ1n) is 7.88. The van der Waals surface area contributed by atoms with Crippen molar-refractivity contribution in [2.75, 3.05) is 7.11 Å². The number of nitrogens with one attached hydrogen (secondary N) is 1. The molecule has 0 radical (unpaired) electrons. The van der Waals surface area contributed by atoms with E-state index in [0.29, 0.717) is 11.5 Å². The smallest absolute Gasteiger partial charge is 0.264 e. The second kappa shape index (κ2) is 6.75. The predicted molar refractivity (Wildman–Crippen MR) is 97.9 cm³/mol. The van der Waals surface area contributed by atoms with Crippen LogP contribution in [-0.2, 0) is 11.8 Å². The van der Waals surface area contributed by atoms with Crippen molar-refractivity contribution in [2.24, 2.45) is 12.1 Å². The number of aromatic hydroxyl groups is 1. The van der Waals surface area contributed by atoms with Crippen LogP contribution in [0.3, 0.4) is 0 Å². The van der Waals surface area contributed by atoms with Crippen molar-refractivity contribution in [3.63, 3.8) is 0 Å². The van der Waals surface area contributed by atoms with E-state index in [1.54, 1.807) is 13.2 Å². The molecule has 1 aliphatic heterocycles. The highest BCUT2D eigenvalue weighted by molar-refractivity contribution is 7.71. The van der Waals surface area contributed by atoms with E-state index < -0.39 is 11.6 Å². The molecule has 2 aromatic rings. The summed E-state index contributed by atoms with van der Waals surface area (Å²) in [4.78, 5) is 26.9.